The number of methoxy groups -OCH3 is 2. The average Bonchev–Trinajstić information content (AvgIpc) is 2.71. The zero-order chi connectivity index (χ0) is 25.0. The second-order valence-corrected chi connectivity index (χ2v) is 10.1. The zero-order valence-electron chi connectivity index (χ0n) is 17.4. The highest BCUT2D eigenvalue weighted by Gasteiger charge is 2.40. The van der Waals surface area contributed by atoms with Crippen LogP contribution in [0.5, 0.6) is 11.5 Å². The van der Waals surface area contributed by atoms with Crippen LogP contribution in [0.4, 0.5) is 10.5 Å². The Balaban J connectivity index is 2.10. The maximum Gasteiger partial charge on any atom is 0.408 e. The van der Waals surface area contributed by atoms with Gasteiger partial charge in [-0.25, -0.2) is 4.79 Å². The van der Waals surface area contributed by atoms with Crippen LogP contribution in [0.15, 0.2) is 12.1 Å². The first-order chi connectivity index (χ1) is 15.3. The normalized spacial score (nSPS) is 18.2. The summed E-state index contributed by atoms with van der Waals surface area (Å²) in [5, 5.41) is 13.5. The van der Waals surface area contributed by atoms with Gasteiger partial charge in [0.15, 0.2) is 11.5 Å². The molecule has 0 spiro atoms. The Hall–Kier alpha value is -2.98. The quantitative estimate of drug-likeness (QED) is 0.152. The lowest BCUT2D eigenvalue weighted by atomic mass is 10.1. The van der Waals surface area contributed by atoms with Gasteiger partial charge in [0.2, 0.25) is 0 Å². The lowest BCUT2D eigenvalue weighted by Crippen LogP contribution is -2.53. The molecule has 184 valence electrons. The van der Waals surface area contributed by atoms with E-state index in [0.29, 0.717) is 4.67 Å². The number of carbonyl (C=O) groups excluding carboxylic acids is 2. The summed E-state index contributed by atoms with van der Waals surface area (Å²) in [6, 6.07) is 1.08. The van der Waals surface area contributed by atoms with Gasteiger partial charge < -0.3 is 19.5 Å². The first kappa shape index (κ1) is 26.3. The van der Waals surface area contributed by atoms with Crippen molar-refractivity contribution < 1.29 is 46.3 Å². The minimum Gasteiger partial charge on any atom is -0.493 e. The maximum atomic E-state index is 12.5. The van der Waals surface area contributed by atoms with Crippen molar-refractivity contribution in [2.75, 3.05) is 20.8 Å². The standard InChI is InChI=1S/C15H22N5O11PS/c1-29-12-6-9(11(20(23)24)7-13(12)30-2)8-31-15(22)17-10-4-3-5-19(14(10)21)32(16,25)18-33(26,27)28/h6-7,10H,3-5,8H2,1-2H3,(H,17,22)(H3,16,18,25)(H,26,27,28)/t10-,32+/m0/s1. The molecule has 2 atom stereocenters. The molecule has 5 N–H and O–H groups in total. The summed E-state index contributed by atoms with van der Waals surface area (Å²) >= 11 is 0. The number of hydrogen-bond donors (Lipinski definition) is 4. The molecular formula is C15H22N5O11PS. The molecule has 0 radical (unpaired) electrons. The van der Waals surface area contributed by atoms with Gasteiger partial charge in [0.05, 0.1) is 30.8 Å². The van der Waals surface area contributed by atoms with Crippen molar-refractivity contribution in [2.45, 2.75) is 25.5 Å². The first-order valence-electron chi connectivity index (χ1n) is 9.08. The highest BCUT2D eigenvalue weighted by atomic mass is 32.2. The number of nitrogens with two attached hydrogens (primary N) is 1. The predicted octanol–water partition coefficient (Wildman–Crippen LogP) is 0.288. The Morgan fingerprint density at radius 1 is 1.36 bits per heavy atom. The molecule has 18 heteroatoms. The summed E-state index contributed by atoms with van der Waals surface area (Å²) < 4.78 is 59.9. The van der Waals surface area contributed by atoms with Gasteiger partial charge in [-0.2, -0.15) is 8.42 Å². The van der Waals surface area contributed by atoms with Gasteiger partial charge in [-0.1, -0.05) is 0 Å². The van der Waals surface area contributed by atoms with Crippen LogP contribution in [0, 0.1) is 10.1 Å². The smallest absolute Gasteiger partial charge is 0.408 e. The first-order valence-corrected chi connectivity index (χ1v) is 12.3. The number of nitrogens with one attached hydrogen (secondary N) is 2. The minimum absolute atomic E-state index is 0.0202. The molecule has 1 aliphatic heterocycles. The van der Waals surface area contributed by atoms with E-state index in [1.807, 2.05) is 0 Å². The molecule has 1 aromatic carbocycles. The second-order valence-electron chi connectivity index (χ2n) is 6.66. The van der Waals surface area contributed by atoms with E-state index in [2.05, 4.69) is 5.32 Å². The molecule has 0 aliphatic carbocycles. The fraction of sp³-hybridized carbons (Fsp3) is 0.467. The molecule has 2 amide bonds. The highest BCUT2D eigenvalue weighted by molar-refractivity contribution is 7.90. The number of nitro groups is 1. The predicted molar refractivity (Wildman–Crippen MR) is 111 cm³/mol. The molecule has 16 nitrogen and oxygen atoms in total. The summed E-state index contributed by atoms with van der Waals surface area (Å²) in [6.07, 6.45) is -0.854. The number of piperidine rings is 1. The van der Waals surface area contributed by atoms with E-state index in [4.69, 9.17) is 24.3 Å². The van der Waals surface area contributed by atoms with Gasteiger partial charge in [-0.15, -0.1) is 4.49 Å². The Labute approximate surface area is 187 Å². The number of alkyl carbamates (subject to hydrolysis) is 1. The molecule has 1 fully saturated rings. The monoisotopic (exact) mass is 511 g/mol. The SMILES string of the molecule is COc1cc(COC(=O)N[C@H]2CCCN([P@](N)(=O)NS(=O)(=O)O)C2=O)c([N+](=O)[O-])cc1OC. The van der Waals surface area contributed by atoms with Gasteiger partial charge in [0, 0.05) is 6.54 Å². The van der Waals surface area contributed by atoms with E-state index in [-0.39, 0.29) is 36.4 Å². The summed E-state index contributed by atoms with van der Waals surface area (Å²) in [7, 11) is -6.89. The third kappa shape index (κ3) is 6.75. The van der Waals surface area contributed by atoms with Crippen LogP contribution in [0.3, 0.4) is 0 Å². The van der Waals surface area contributed by atoms with Crippen LogP contribution < -0.4 is 24.8 Å². The minimum atomic E-state index is -4.97. The van der Waals surface area contributed by atoms with Crippen LogP contribution in [0.1, 0.15) is 18.4 Å². The molecule has 0 saturated carbocycles. The van der Waals surface area contributed by atoms with Crippen LogP contribution >= 0.6 is 7.59 Å². The van der Waals surface area contributed by atoms with Crippen LogP contribution in [-0.4, -0.2) is 61.4 Å². The van der Waals surface area contributed by atoms with E-state index in [1.165, 1.54) is 24.8 Å². The van der Waals surface area contributed by atoms with Crippen LogP contribution in [0.2, 0.25) is 0 Å². The molecule has 1 heterocycles. The molecule has 2 rings (SSSR count). The molecule has 1 aliphatic rings. The fourth-order valence-corrected chi connectivity index (χ4v) is 5.61. The van der Waals surface area contributed by atoms with Gasteiger partial charge >= 0.3 is 24.0 Å². The molecule has 0 bridgehead atoms. The van der Waals surface area contributed by atoms with Gasteiger partial charge in [-0.05, 0) is 18.9 Å². The third-order valence-corrected chi connectivity index (χ3v) is 7.54. The maximum absolute atomic E-state index is 12.5. The second kappa shape index (κ2) is 10.3. The van der Waals surface area contributed by atoms with E-state index in [9.17, 15) is 32.7 Å². The number of benzene rings is 1. The summed E-state index contributed by atoms with van der Waals surface area (Å²) in [5.41, 5.74) is 4.95. The van der Waals surface area contributed by atoms with Crippen molar-refractivity contribution in [2.24, 2.45) is 5.50 Å². The Morgan fingerprint density at radius 3 is 2.52 bits per heavy atom. The summed E-state index contributed by atoms with van der Waals surface area (Å²) in [6.45, 7) is -0.757. The number of nitrogens with zero attached hydrogens (tertiary/aromatic N) is 2. The number of hydrogen-bond acceptors (Lipinski definition) is 10. The van der Waals surface area contributed by atoms with E-state index < -0.39 is 53.2 Å². The van der Waals surface area contributed by atoms with E-state index in [0.717, 1.165) is 6.07 Å². The summed E-state index contributed by atoms with van der Waals surface area (Å²) in [5.74, 6) is -0.725. The number of nitro benzene ring substituents is 1. The lowest BCUT2D eigenvalue weighted by molar-refractivity contribution is -0.385. The number of carbonyl (C=O) groups is 2. The van der Waals surface area contributed by atoms with Crippen molar-refractivity contribution in [3.8, 4) is 11.5 Å². The molecule has 33 heavy (non-hydrogen) atoms. The molecular weight excluding hydrogens is 489 g/mol. The molecule has 0 unspecified atom stereocenters. The fourth-order valence-electron chi connectivity index (χ4n) is 3.03. The molecule has 1 saturated heterocycles. The zero-order valence-corrected chi connectivity index (χ0v) is 19.1. The Bertz CT molecular complexity index is 1100. The summed E-state index contributed by atoms with van der Waals surface area (Å²) in [4.78, 5) is 35.3. The molecule has 0 aromatic heterocycles. The lowest BCUT2D eigenvalue weighted by Gasteiger charge is -2.35. The number of amides is 2. The van der Waals surface area contributed by atoms with Crippen molar-refractivity contribution in [1.29, 1.82) is 0 Å². The molecule has 1 aromatic rings. The number of rotatable bonds is 9. The average molecular weight is 511 g/mol. The van der Waals surface area contributed by atoms with Gasteiger partial charge in [0.25, 0.3) is 11.6 Å². The van der Waals surface area contributed by atoms with Gasteiger partial charge in [0.1, 0.15) is 12.6 Å². The Morgan fingerprint density at radius 2 is 1.97 bits per heavy atom. The van der Waals surface area contributed by atoms with Gasteiger partial charge in [-0.3, -0.25) is 34.2 Å². The van der Waals surface area contributed by atoms with Crippen molar-refractivity contribution in [1.82, 2.24) is 14.5 Å². The van der Waals surface area contributed by atoms with Crippen molar-refractivity contribution in [3.05, 3.63) is 27.8 Å². The topological polar surface area (TPSA) is 230 Å². The Kier molecular flexibility index (Phi) is 8.20. The van der Waals surface area contributed by atoms with E-state index >= 15 is 0 Å². The van der Waals surface area contributed by atoms with E-state index in [1.54, 1.807) is 0 Å². The van der Waals surface area contributed by atoms with Crippen LogP contribution in [0.25, 0.3) is 0 Å². The third-order valence-electron chi connectivity index (χ3n) is 4.45. The highest BCUT2D eigenvalue weighted by Crippen LogP contribution is 2.40. The van der Waals surface area contributed by atoms with Crippen LogP contribution in [-0.2, 0) is 31.0 Å². The van der Waals surface area contributed by atoms with Crippen molar-refractivity contribution in [3.63, 3.8) is 0 Å². The number of ether oxygens (including phenoxy) is 3. The largest absolute Gasteiger partial charge is 0.493 e. The van der Waals surface area contributed by atoms with Crippen molar-refractivity contribution >= 4 is 35.6 Å².